The summed E-state index contributed by atoms with van der Waals surface area (Å²) < 4.78 is 17.1. The van der Waals surface area contributed by atoms with Crippen LogP contribution in [0.2, 0.25) is 0 Å². The van der Waals surface area contributed by atoms with E-state index in [1.54, 1.807) is 27.7 Å². The Hall–Kier alpha value is -3.54. The maximum absolute atomic E-state index is 13.1. The van der Waals surface area contributed by atoms with Crippen LogP contribution >= 0.6 is 0 Å². The van der Waals surface area contributed by atoms with Gasteiger partial charge in [0.2, 0.25) is 0 Å². The summed E-state index contributed by atoms with van der Waals surface area (Å²) in [5.41, 5.74) is 2.76. The molecule has 0 aromatic heterocycles. The highest BCUT2D eigenvalue weighted by molar-refractivity contribution is 6.00. The molecule has 0 bridgehead atoms. The van der Waals surface area contributed by atoms with Crippen molar-refractivity contribution in [3.05, 3.63) is 82.7 Å². The van der Waals surface area contributed by atoms with Gasteiger partial charge in [0.25, 0.3) is 0 Å². The van der Waals surface area contributed by atoms with Crippen LogP contribution in [0.1, 0.15) is 53.0 Å². The second-order valence-corrected chi connectivity index (χ2v) is 8.53. The van der Waals surface area contributed by atoms with E-state index < -0.39 is 17.9 Å². The average Bonchev–Trinajstić information content (AvgIpc) is 2.73. The lowest BCUT2D eigenvalue weighted by Gasteiger charge is -2.31. The Morgan fingerprint density at radius 2 is 1.27 bits per heavy atom. The number of benzene rings is 2. The number of hydrogen-bond donors (Lipinski definition) is 1. The molecule has 0 radical (unpaired) electrons. The van der Waals surface area contributed by atoms with Crippen molar-refractivity contribution in [2.75, 3.05) is 0 Å². The molecule has 2 aromatic carbocycles. The second-order valence-electron chi connectivity index (χ2n) is 8.53. The Balaban J connectivity index is 2.10. The van der Waals surface area contributed by atoms with Crippen molar-refractivity contribution < 1.29 is 23.8 Å². The standard InChI is InChI=1S/C27H31NO5/c1-16(2)31-26(29)23-18(5)28-19(6)24(27(30)32-17(3)4)25(23)20-11-10-14-22(15-20)33-21-12-8-7-9-13-21/h7-17,25,28H,1-6H3. The molecule has 1 N–H and O–H groups in total. The van der Waals surface area contributed by atoms with E-state index in [1.807, 2.05) is 68.4 Å². The summed E-state index contributed by atoms with van der Waals surface area (Å²) in [5, 5.41) is 3.17. The van der Waals surface area contributed by atoms with Gasteiger partial charge >= 0.3 is 11.9 Å². The zero-order chi connectivity index (χ0) is 24.1. The lowest BCUT2D eigenvalue weighted by Crippen LogP contribution is -2.33. The molecule has 3 rings (SSSR count). The number of nitrogens with one attached hydrogen (secondary N) is 1. The van der Waals surface area contributed by atoms with Crippen LogP contribution in [0.15, 0.2) is 77.1 Å². The molecule has 0 amide bonds. The molecule has 174 valence electrons. The minimum atomic E-state index is -0.664. The average molecular weight is 450 g/mol. The number of allylic oxidation sites excluding steroid dienone is 2. The molecular weight excluding hydrogens is 418 g/mol. The van der Waals surface area contributed by atoms with Gasteiger partial charge in [-0.1, -0.05) is 30.3 Å². The van der Waals surface area contributed by atoms with Crippen molar-refractivity contribution in [2.45, 2.75) is 59.7 Å². The maximum Gasteiger partial charge on any atom is 0.337 e. The molecule has 0 saturated heterocycles. The summed E-state index contributed by atoms with van der Waals surface area (Å²) in [6.07, 6.45) is -0.603. The Bertz CT molecular complexity index is 1040. The van der Waals surface area contributed by atoms with E-state index in [9.17, 15) is 9.59 Å². The fourth-order valence-electron chi connectivity index (χ4n) is 3.81. The highest BCUT2D eigenvalue weighted by Gasteiger charge is 2.38. The summed E-state index contributed by atoms with van der Waals surface area (Å²) in [6.45, 7) is 10.8. The number of ether oxygens (including phenoxy) is 3. The lowest BCUT2D eigenvalue weighted by atomic mass is 9.80. The van der Waals surface area contributed by atoms with Gasteiger partial charge in [0.1, 0.15) is 11.5 Å². The van der Waals surface area contributed by atoms with Crippen LogP contribution in [0.4, 0.5) is 0 Å². The van der Waals surface area contributed by atoms with Crippen molar-refractivity contribution in [1.29, 1.82) is 0 Å². The van der Waals surface area contributed by atoms with Crippen LogP contribution in [0.25, 0.3) is 0 Å². The first-order chi connectivity index (χ1) is 15.7. The van der Waals surface area contributed by atoms with Crippen LogP contribution in [0, 0.1) is 0 Å². The van der Waals surface area contributed by atoms with Crippen molar-refractivity contribution >= 4 is 11.9 Å². The van der Waals surface area contributed by atoms with Gasteiger partial charge in [0.15, 0.2) is 0 Å². The molecule has 6 nitrogen and oxygen atoms in total. The third-order valence-electron chi connectivity index (χ3n) is 5.06. The van der Waals surface area contributed by atoms with E-state index in [0.29, 0.717) is 34.0 Å². The molecule has 0 fully saturated rings. The predicted molar refractivity (Wildman–Crippen MR) is 127 cm³/mol. The van der Waals surface area contributed by atoms with E-state index in [2.05, 4.69) is 5.32 Å². The summed E-state index contributed by atoms with van der Waals surface area (Å²) >= 11 is 0. The SMILES string of the molecule is CC1=C(C(=O)OC(C)C)C(c2cccc(Oc3ccccc3)c2)C(C(=O)OC(C)C)=C(C)N1. The minimum absolute atomic E-state index is 0.302. The summed E-state index contributed by atoms with van der Waals surface area (Å²) in [5.74, 6) is -0.325. The number of dihydropyridines is 1. The van der Waals surface area contributed by atoms with Crippen LogP contribution in [0.3, 0.4) is 0 Å². The lowest BCUT2D eigenvalue weighted by molar-refractivity contribution is -0.143. The summed E-state index contributed by atoms with van der Waals surface area (Å²) in [6, 6.07) is 16.8. The van der Waals surface area contributed by atoms with E-state index >= 15 is 0 Å². The number of carbonyl (C=O) groups is 2. The normalized spacial score (nSPS) is 14.4. The van der Waals surface area contributed by atoms with Crippen molar-refractivity contribution in [3.8, 4) is 11.5 Å². The first kappa shape index (κ1) is 24.1. The van der Waals surface area contributed by atoms with Gasteiger partial charge in [-0.3, -0.25) is 0 Å². The molecule has 0 aliphatic carbocycles. The quantitative estimate of drug-likeness (QED) is 0.553. The summed E-state index contributed by atoms with van der Waals surface area (Å²) in [4.78, 5) is 26.3. The molecule has 0 spiro atoms. The fraction of sp³-hybridized carbons (Fsp3) is 0.333. The van der Waals surface area contributed by atoms with E-state index in [4.69, 9.17) is 14.2 Å². The predicted octanol–water partition coefficient (Wildman–Crippen LogP) is 5.62. The Labute approximate surface area is 195 Å². The van der Waals surface area contributed by atoms with Gasteiger partial charge in [-0.2, -0.15) is 0 Å². The van der Waals surface area contributed by atoms with Gasteiger partial charge in [0, 0.05) is 11.4 Å². The van der Waals surface area contributed by atoms with E-state index in [-0.39, 0.29) is 12.2 Å². The van der Waals surface area contributed by atoms with E-state index in [1.165, 1.54) is 0 Å². The Kier molecular flexibility index (Phi) is 7.59. The Morgan fingerprint density at radius 3 is 1.79 bits per heavy atom. The number of rotatable bonds is 7. The van der Waals surface area contributed by atoms with Gasteiger partial charge < -0.3 is 19.5 Å². The van der Waals surface area contributed by atoms with Crippen molar-refractivity contribution in [1.82, 2.24) is 5.32 Å². The van der Waals surface area contributed by atoms with E-state index in [0.717, 1.165) is 5.56 Å². The first-order valence-corrected chi connectivity index (χ1v) is 11.1. The largest absolute Gasteiger partial charge is 0.460 e. The third kappa shape index (κ3) is 5.83. The molecule has 0 saturated carbocycles. The van der Waals surface area contributed by atoms with Gasteiger partial charge in [-0.15, -0.1) is 0 Å². The zero-order valence-corrected chi connectivity index (χ0v) is 20.0. The fourth-order valence-corrected chi connectivity index (χ4v) is 3.81. The van der Waals surface area contributed by atoms with Crippen molar-refractivity contribution in [2.24, 2.45) is 0 Å². The molecule has 6 heteroatoms. The molecule has 33 heavy (non-hydrogen) atoms. The second kappa shape index (κ2) is 10.4. The zero-order valence-electron chi connectivity index (χ0n) is 20.0. The first-order valence-electron chi connectivity index (χ1n) is 11.1. The molecule has 1 aliphatic rings. The van der Waals surface area contributed by atoms with Gasteiger partial charge in [-0.05, 0) is 71.4 Å². The monoisotopic (exact) mass is 449 g/mol. The number of carbonyl (C=O) groups excluding carboxylic acids is 2. The highest BCUT2D eigenvalue weighted by Crippen LogP contribution is 2.40. The number of esters is 2. The molecule has 1 aliphatic heterocycles. The number of para-hydroxylation sites is 1. The minimum Gasteiger partial charge on any atom is -0.460 e. The summed E-state index contributed by atoms with van der Waals surface area (Å²) in [7, 11) is 0. The van der Waals surface area contributed by atoms with Crippen LogP contribution in [-0.4, -0.2) is 24.1 Å². The molecule has 0 unspecified atom stereocenters. The Morgan fingerprint density at radius 1 is 0.758 bits per heavy atom. The van der Waals surface area contributed by atoms with Gasteiger partial charge in [0.05, 0.1) is 29.3 Å². The van der Waals surface area contributed by atoms with Crippen LogP contribution < -0.4 is 10.1 Å². The molecule has 0 atom stereocenters. The topological polar surface area (TPSA) is 73.9 Å². The molecular formula is C27H31NO5. The van der Waals surface area contributed by atoms with Gasteiger partial charge in [-0.25, -0.2) is 9.59 Å². The van der Waals surface area contributed by atoms with Crippen LogP contribution in [0.5, 0.6) is 11.5 Å². The highest BCUT2D eigenvalue weighted by atomic mass is 16.5. The third-order valence-corrected chi connectivity index (χ3v) is 5.06. The molecule has 2 aromatic rings. The van der Waals surface area contributed by atoms with Crippen LogP contribution in [-0.2, 0) is 19.1 Å². The maximum atomic E-state index is 13.1. The molecule has 1 heterocycles. The number of hydrogen-bond acceptors (Lipinski definition) is 6. The van der Waals surface area contributed by atoms with Crippen molar-refractivity contribution in [3.63, 3.8) is 0 Å². The smallest absolute Gasteiger partial charge is 0.337 e.